The zero-order chi connectivity index (χ0) is 15.0. The first-order valence-corrected chi connectivity index (χ1v) is 7.39. The molecule has 2 heterocycles. The van der Waals surface area contributed by atoms with E-state index in [2.05, 4.69) is 20.2 Å². The van der Waals surface area contributed by atoms with Crippen LogP contribution in [0.25, 0.3) is 0 Å². The first-order valence-electron chi connectivity index (χ1n) is 7.01. The summed E-state index contributed by atoms with van der Waals surface area (Å²) in [4.78, 5) is 9.16. The molecular formula is C13H16ClF3N4. The predicted octanol–water partition coefficient (Wildman–Crippen LogP) is 3.05. The van der Waals surface area contributed by atoms with Crippen LogP contribution in [-0.4, -0.2) is 40.5 Å². The Labute approximate surface area is 125 Å². The molecule has 0 radical (unpaired) electrons. The molecule has 21 heavy (non-hydrogen) atoms. The molecule has 1 saturated heterocycles. The topological polar surface area (TPSA) is 41.1 Å². The van der Waals surface area contributed by atoms with Crippen molar-refractivity contribution in [2.75, 3.05) is 25.0 Å². The highest BCUT2D eigenvalue weighted by atomic mass is 35.5. The molecule has 1 aromatic rings. The summed E-state index contributed by atoms with van der Waals surface area (Å²) >= 11 is 5.63. The van der Waals surface area contributed by atoms with Gasteiger partial charge in [0, 0.05) is 25.2 Å². The summed E-state index contributed by atoms with van der Waals surface area (Å²) in [6.07, 6.45) is -0.973. The molecule has 1 aliphatic heterocycles. The minimum absolute atomic E-state index is 0.132. The molecular weight excluding hydrogens is 305 g/mol. The summed E-state index contributed by atoms with van der Waals surface area (Å²) in [6.45, 7) is 2.69. The van der Waals surface area contributed by atoms with Crippen LogP contribution in [0, 0.1) is 5.92 Å². The third-order valence-electron chi connectivity index (χ3n) is 3.90. The third kappa shape index (κ3) is 3.77. The fourth-order valence-electron chi connectivity index (χ4n) is 2.68. The summed E-state index contributed by atoms with van der Waals surface area (Å²) in [5.41, 5.74) is 0. The fourth-order valence-corrected chi connectivity index (χ4v) is 2.87. The molecule has 1 aliphatic carbocycles. The van der Waals surface area contributed by atoms with Crippen LogP contribution in [0.3, 0.4) is 0 Å². The highest BCUT2D eigenvalue weighted by Gasteiger charge is 2.36. The van der Waals surface area contributed by atoms with Crippen LogP contribution in [-0.2, 0) is 6.18 Å². The largest absolute Gasteiger partial charge is 0.451 e. The Morgan fingerprint density at radius 3 is 2.71 bits per heavy atom. The number of hydrogen-bond donors (Lipinski definition) is 1. The highest BCUT2D eigenvalue weighted by molar-refractivity contribution is 6.29. The molecule has 1 unspecified atom stereocenters. The molecule has 0 bridgehead atoms. The number of halogens is 4. The van der Waals surface area contributed by atoms with Gasteiger partial charge in [-0.05, 0) is 31.7 Å². The van der Waals surface area contributed by atoms with E-state index in [-0.39, 0.29) is 11.0 Å². The minimum Gasteiger partial charge on any atom is -0.370 e. The molecule has 4 nitrogen and oxygen atoms in total. The second kappa shape index (κ2) is 5.61. The zero-order valence-electron chi connectivity index (χ0n) is 11.3. The number of aromatic nitrogens is 2. The predicted molar refractivity (Wildman–Crippen MR) is 73.2 cm³/mol. The lowest BCUT2D eigenvalue weighted by Gasteiger charge is -2.15. The lowest BCUT2D eigenvalue weighted by atomic mass is 10.1. The molecule has 116 valence electrons. The number of nitrogens with zero attached hydrogens (tertiary/aromatic N) is 3. The van der Waals surface area contributed by atoms with E-state index in [4.69, 9.17) is 11.6 Å². The van der Waals surface area contributed by atoms with Gasteiger partial charge >= 0.3 is 6.18 Å². The van der Waals surface area contributed by atoms with Gasteiger partial charge in [0.25, 0.3) is 0 Å². The molecule has 1 aromatic heterocycles. The van der Waals surface area contributed by atoms with Crippen molar-refractivity contribution in [3.63, 3.8) is 0 Å². The standard InChI is InChI=1S/C13H16ClF3N4/c14-10-5-11(20-12(19-10)13(15,16)17)18-6-8-3-4-21(7-8)9-1-2-9/h5,8-9H,1-4,6-7H2,(H,18,19,20). The average molecular weight is 321 g/mol. The van der Waals surface area contributed by atoms with Gasteiger partial charge in [-0.1, -0.05) is 11.6 Å². The number of rotatable bonds is 4. The summed E-state index contributed by atoms with van der Waals surface area (Å²) < 4.78 is 37.9. The second-order valence-electron chi connectivity index (χ2n) is 5.66. The molecule has 0 spiro atoms. The Balaban J connectivity index is 1.59. The Bertz CT molecular complexity index is 519. The van der Waals surface area contributed by atoms with Crippen LogP contribution in [0.5, 0.6) is 0 Å². The molecule has 1 saturated carbocycles. The van der Waals surface area contributed by atoms with Crippen LogP contribution in [0.1, 0.15) is 25.1 Å². The van der Waals surface area contributed by atoms with Gasteiger partial charge in [-0.2, -0.15) is 13.2 Å². The maximum absolute atomic E-state index is 12.6. The van der Waals surface area contributed by atoms with Crippen molar-refractivity contribution >= 4 is 17.4 Å². The lowest BCUT2D eigenvalue weighted by Crippen LogP contribution is -2.25. The second-order valence-corrected chi connectivity index (χ2v) is 6.05. The van der Waals surface area contributed by atoms with E-state index < -0.39 is 12.0 Å². The van der Waals surface area contributed by atoms with E-state index in [1.807, 2.05) is 0 Å². The lowest BCUT2D eigenvalue weighted by molar-refractivity contribution is -0.144. The summed E-state index contributed by atoms with van der Waals surface area (Å²) in [6, 6.07) is 2.06. The van der Waals surface area contributed by atoms with Gasteiger partial charge in [0.2, 0.25) is 5.82 Å². The van der Waals surface area contributed by atoms with E-state index in [1.54, 1.807) is 0 Å². The summed E-state index contributed by atoms with van der Waals surface area (Å²) in [5.74, 6) is -0.635. The van der Waals surface area contributed by atoms with Gasteiger partial charge < -0.3 is 10.2 Å². The minimum atomic E-state index is -4.59. The Morgan fingerprint density at radius 1 is 1.29 bits per heavy atom. The van der Waals surface area contributed by atoms with Gasteiger partial charge in [-0.3, -0.25) is 0 Å². The van der Waals surface area contributed by atoms with E-state index in [1.165, 1.54) is 18.9 Å². The Kier molecular flexibility index (Phi) is 3.96. The van der Waals surface area contributed by atoms with Crippen molar-refractivity contribution in [1.29, 1.82) is 0 Å². The van der Waals surface area contributed by atoms with Crippen molar-refractivity contribution in [3.05, 3.63) is 17.0 Å². The number of nitrogens with one attached hydrogen (secondary N) is 1. The van der Waals surface area contributed by atoms with Gasteiger partial charge in [0.15, 0.2) is 0 Å². The Hall–Kier alpha value is -1.08. The van der Waals surface area contributed by atoms with Crippen molar-refractivity contribution in [3.8, 4) is 0 Å². The van der Waals surface area contributed by atoms with E-state index >= 15 is 0 Å². The zero-order valence-corrected chi connectivity index (χ0v) is 12.1. The SMILES string of the molecule is FC(F)(F)c1nc(Cl)cc(NCC2CCN(C3CC3)C2)n1. The molecule has 8 heteroatoms. The van der Waals surface area contributed by atoms with Crippen molar-refractivity contribution in [1.82, 2.24) is 14.9 Å². The van der Waals surface area contributed by atoms with E-state index in [9.17, 15) is 13.2 Å². The molecule has 3 rings (SSSR count). The first kappa shape index (κ1) is 14.8. The number of anilines is 1. The smallest absolute Gasteiger partial charge is 0.370 e. The van der Waals surface area contributed by atoms with Crippen LogP contribution in [0.2, 0.25) is 5.15 Å². The summed E-state index contributed by atoms with van der Waals surface area (Å²) in [7, 11) is 0. The van der Waals surface area contributed by atoms with E-state index in [0.29, 0.717) is 12.5 Å². The number of hydrogen-bond acceptors (Lipinski definition) is 4. The van der Waals surface area contributed by atoms with Crippen LogP contribution >= 0.6 is 11.6 Å². The number of alkyl halides is 3. The maximum atomic E-state index is 12.6. The molecule has 1 atom stereocenters. The molecule has 1 N–H and O–H groups in total. The molecule has 2 aliphatic rings. The normalized spacial score (nSPS) is 23.5. The average Bonchev–Trinajstić information content (AvgIpc) is 3.14. The number of likely N-dealkylation sites (tertiary alicyclic amines) is 1. The molecule has 0 amide bonds. The summed E-state index contributed by atoms with van der Waals surface area (Å²) in [5, 5.41) is 2.75. The fraction of sp³-hybridized carbons (Fsp3) is 0.692. The van der Waals surface area contributed by atoms with Gasteiger partial charge in [-0.25, -0.2) is 9.97 Å². The third-order valence-corrected chi connectivity index (χ3v) is 4.09. The molecule has 0 aromatic carbocycles. The Morgan fingerprint density at radius 2 is 2.05 bits per heavy atom. The van der Waals surface area contributed by atoms with Crippen LogP contribution in [0.15, 0.2) is 6.07 Å². The van der Waals surface area contributed by atoms with Gasteiger partial charge in [-0.15, -0.1) is 0 Å². The van der Waals surface area contributed by atoms with Gasteiger partial charge in [0.05, 0.1) is 0 Å². The van der Waals surface area contributed by atoms with E-state index in [0.717, 1.165) is 25.6 Å². The van der Waals surface area contributed by atoms with Crippen molar-refractivity contribution in [2.24, 2.45) is 5.92 Å². The first-order chi connectivity index (χ1) is 9.91. The van der Waals surface area contributed by atoms with Crippen LogP contribution < -0.4 is 5.32 Å². The monoisotopic (exact) mass is 320 g/mol. The van der Waals surface area contributed by atoms with Crippen molar-refractivity contribution < 1.29 is 13.2 Å². The quantitative estimate of drug-likeness (QED) is 0.866. The maximum Gasteiger partial charge on any atom is 0.451 e. The van der Waals surface area contributed by atoms with Gasteiger partial charge in [0.1, 0.15) is 11.0 Å². The van der Waals surface area contributed by atoms with Crippen molar-refractivity contribution in [2.45, 2.75) is 31.5 Å². The molecule has 2 fully saturated rings. The van der Waals surface area contributed by atoms with Crippen LogP contribution in [0.4, 0.5) is 19.0 Å². The highest BCUT2D eigenvalue weighted by Crippen LogP contribution is 2.32.